The molecule has 26 heavy (non-hydrogen) atoms. The monoisotopic (exact) mass is 362 g/mol. The van der Waals surface area contributed by atoms with E-state index in [4.69, 9.17) is 0 Å². The lowest BCUT2D eigenvalue weighted by Gasteiger charge is -2.07. The van der Waals surface area contributed by atoms with Gasteiger partial charge in [-0.05, 0) is 36.4 Å². The minimum atomic E-state index is -0.207. The molecule has 128 valence electrons. The Labute approximate surface area is 153 Å². The molecule has 0 atom stereocenters. The van der Waals surface area contributed by atoms with E-state index in [2.05, 4.69) is 30.9 Å². The number of aryl methyl sites for hydroxylation is 1. The average Bonchev–Trinajstić information content (AvgIpc) is 3.34. The SMILES string of the molecule is Cc1nc(-c2cccc(NC(=O)c3cccc(-c4nn[nH]n4)c3)c2)cs1. The van der Waals surface area contributed by atoms with Gasteiger partial charge in [-0.15, -0.1) is 21.5 Å². The van der Waals surface area contributed by atoms with E-state index < -0.39 is 0 Å². The van der Waals surface area contributed by atoms with Gasteiger partial charge in [-0.25, -0.2) is 4.98 Å². The van der Waals surface area contributed by atoms with Crippen LogP contribution >= 0.6 is 11.3 Å². The summed E-state index contributed by atoms with van der Waals surface area (Å²) in [5.74, 6) is 0.238. The lowest BCUT2D eigenvalue weighted by atomic mass is 10.1. The summed E-state index contributed by atoms with van der Waals surface area (Å²) in [6.07, 6.45) is 0. The molecule has 0 aliphatic rings. The van der Waals surface area contributed by atoms with Gasteiger partial charge in [0.25, 0.3) is 5.91 Å². The molecule has 4 rings (SSSR count). The molecule has 0 spiro atoms. The van der Waals surface area contributed by atoms with Crippen LogP contribution in [-0.2, 0) is 0 Å². The van der Waals surface area contributed by atoms with Gasteiger partial charge in [-0.1, -0.05) is 24.3 Å². The maximum Gasteiger partial charge on any atom is 0.255 e. The number of hydrogen-bond donors (Lipinski definition) is 2. The van der Waals surface area contributed by atoms with Crippen LogP contribution in [0.4, 0.5) is 5.69 Å². The predicted octanol–water partition coefficient (Wildman–Crippen LogP) is 3.55. The molecule has 0 unspecified atom stereocenters. The summed E-state index contributed by atoms with van der Waals surface area (Å²) >= 11 is 1.60. The molecule has 0 aliphatic carbocycles. The van der Waals surface area contributed by atoms with Crippen LogP contribution in [0.3, 0.4) is 0 Å². The lowest BCUT2D eigenvalue weighted by Crippen LogP contribution is -2.11. The molecule has 2 N–H and O–H groups in total. The average molecular weight is 362 g/mol. The van der Waals surface area contributed by atoms with Crippen LogP contribution in [0.15, 0.2) is 53.9 Å². The van der Waals surface area contributed by atoms with E-state index in [1.54, 1.807) is 29.5 Å². The number of aromatic nitrogens is 5. The molecular weight excluding hydrogens is 348 g/mol. The van der Waals surface area contributed by atoms with Crippen molar-refractivity contribution in [2.45, 2.75) is 6.92 Å². The maximum absolute atomic E-state index is 12.6. The normalized spacial score (nSPS) is 10.7. The van der Waals surface area contributed by atoms with Gasteiger partial charge in [0.2, 0.25) is 5.82 Å². The number of thiazole rings is 1. The zero-order chi connectivity index (χ0) is 17.9. The van der Waals surface area contributed by atoms with Crippen molar-refractivity contribution >= 4 is 22.9 Å². The van der Waals surface area contributed by atoms with Crippen molar-refractivity contribution in [1.82, 2.24) is 25.6 Å². The number of nitrogens with one attached hydrogen (secondary N) is 2. The summed E-state index contributed by atoms with van der Waals surface area (Å²) in [5, 5.41) is 19.7. The summed E-state index contributed by atoms with van der Waals surface area (Å²) < 4.78 is 0. The molecule has 2 heterocycles. The zero-order valence-electron chi connectivity index (χ0n) is 13.8. The Kier molecular flexibility index (Phi) is 4.24. The molecule has 4 aromatic rings. The maximum atomic E-state index is 12.6. The predicted molar refractivity (Wildman–Crippen MR) is 99.9 cm³/mol. The summed E-state index contributed by atoms with van der Waals surface area (Å²) in [5.41, 5.74) is 3.82. The number of carbonyl (C=O) groups excluding carboxylic acids is 1. The van der Waals surface area contributed by atoms with Crippen molar-refractivity contribution in [3.05, 3.63) is 64.5 Å². The molecule has 0 aliphatic heterocycles. The number of amides is 1. The Balaban J connectivity index is 1.56. The van der Waals surface area contributed by atoms with Crippen molar-refractivity contribution in [1.29, 1.82) is 0 Å². The third-order valence-corrected chi connectivity index (χ3v) is 4.54. The van der Waals surface area contributed by atoms with E-state index in [0.29, 0.717) is 17.1 Å². The molecule has 0 saturated carbocycles. The Hall–Kier alpha value is -3.39. The highest BCUT2D eigenvalue weighted by atomic mass is 32.1. The summed E-state index contributed by atoms with van der Waals surface area (Å²) in [6, 6.07) is 14.7. The molecule has 2 aromatic carbocycles. The van der Waals surface area contributed by atoms with Crippen molar-refractivity contribution in [2.24, 2.45) is 0 Å². The number of aromatic amines is 1. The molecule has 0 saturated heterocycles. The van der Waals surface area contributed by atoms with Crippen LogP contribution in [0.1, 0.15) is 15.4 Å². The first-order chi connectivity index (χ1) is 12.7. The fraction of sp³-hybridized carbons (Fsp3) is 0.0556. The van der Waals surface area contributed by atoms with Crippen molar-refractivity contribution in [3.8, 4) is 22.6 Å². The molecule has 2 aromatic heterocycles. The smallest absolute Gasteiger partial charge is 0.255 e. The van der Waals surface area contributed by atoms with Gasteiger partial charge < -0.3 is 5.32 Å². The van der Waals surface area contributed by atoms with Crippen molar-refractivity contribution < 1.29 is 4.79 Å². The Morgan fingerprint density at radius 2 is 1.96 bits per heavy atom. The zero-order valence-corrected chi connectivity index (χ0v) is 14.6. The first kappa shape index (κ1) is 16.1. The summed E-state index contributed by atoms with van der Waals surface area (Å²) in [7, 11) is 0. The number of H-pyrrole nitrogens is 1. The lowest BCUT2D eigenvalue weighted by molar-refractivity contribution is 0.102. The number of nitrogens with zero attached hydrogens (tertiary/aromatic N) is 4. The van der Waals surface area contributed by atoms with Crippen LogP contribution < -0.4 is 5.32 Å². The van der Waals surface area contributed by atoms with E-state index in [1.807, 2.05) is 42.6 Å². The molecule has 1 amide bonds. The van der Waals surface area contributed by atoms with Gasteiger partial charge in [-0.3, -0.25) is 4.79 Å². The fourth-order valence-corrected chi connectivity index (χ4v) is 3.16. The van der Waals surface area contributed by atoms with Gasteiger partial charge in [0, 0.05) is 27.8 Å². The minimum absolute atomic E-state index is 0.207. The largest absolute Gasteiger partial charge is 0.322 e. The van der Waals surface area contributed by atoms with Gasteiger partial charge in [0.1, 0.15) is 0 Å². The van der Waals surface area contributed by atoms with E-state index in [9.17, 15) is 4.79 Å². The second kappa shape index (κ2) is 6.85. The van der Waals surface area contributed by atoms with Gasteiger partial charge in [0.05, 0.1) is 10.7 Å². The van der Waals surface area contributed by atoms with E-state index >= 15 is 0 Å². The standard InChI is InChI=1S/C18H14N6OS/c1-11-19-16(10-26-11)12-4-3-7-15(9-12)20-18(25)14-6-2-5-13(8-14)17-21-23-24-22-17/h2-10H,1H3,(H,20,25)(H,21,22,23,24). The minimum Gasteiger partial charge on any atom is -0.322 e. The highest BCUT2D eigenvalue weighted by Gasteiger charge is 2.10. The second-order valence-electron chi connectivity index (χ2n) is 5.60. The van der Waals surface area contributed by atoms with Gasteiger partial charge in [-0.2, -0.15) is 5.21 Å². The highest BCUT2D eigenvalue weighted by molar-refractivity contribution is 7.09. The first-order valence-corrected chi connectivity index (χ1v) is 8.75. The second-order valence-corrected chi connectivity index (χ2v) is 6.67. The van der Waals surface area contributed by atoms with Gasteiger partial charge >= 0.3 is 0 Å². The number of tetrazole rings is 1. The van der Waals surface area contributed by atoms with Crippen molar-refractivity contribution in [3.63, 3.8) is 0 Å². The Morgan fingerprint density at radius 3 is 2.73 bits per heavy atom. The number of carbonyl (C=O) groups is 1. The van der Waals surface area contributed by atoms with Crippen molar-refractivity contribution in [2.75, 3.05) is 5.32 Å². The van der Waals surface area contributed by atoms with Gasteiger partial charge in [0.15, 0.2) is 0 Å². The molecular formula is C18H14N6OS. The number of hydrogen-bond acceptors (Lipinski definition) is 6. The molecule has 0 fully saturated rings. The summed E-state index contributed by atoms with van der Waals surface area (Å²) in [4.78, 5) is 17.1. The fourth-order valence-electron chi connectivity index (χ4n) is 2.54. The topological polar surface area (TPSA) is 96.5 Å². The van der Waals surface area contributed by atoms with Crippen LogP contribution in [0, 0.1) is 6.92 Å². The Morgan fingerprint density at radius 1 is 1.12 bits per heavy atom. The summed E-state index contributed by atoms with van der Waals surface area (Å²) in [6.45, 7) is 1.97. The first-order valence-electron chi connectivity index (χ1n) is 7.87. The van der Waals surface area contributed by atoms with Crippen LogP contribution in [0.5, 0.6) is 0 Å². The van der Waals surface area contributed by atoms with E-state index in [-0.39, 0.29) is 5.91 Å². The van der Waals surface area contributed by atoms with Crippen LogP contribution in [0.25, 0.3) is 22.6 Å². The molecule has 7 nitrogen and oxygen atoms in total. The van der Waals surface area contributed by atoms with E-state index in [0.717, 1.165) is 21.8 Å². The quantitative estimate of drug-likeness (QED) is 0.579. The number of anilines is 1. The third-order valence-electron chi connectivity index (χ3n) is 3.76. The van der Waals surface area contributed by atoms with E-state index in [1.165, 1.54) is 0 Å². The third kappa shape index (κ3) is 3.35. The Bertz CT molecular complexity index is 1060. The highest BCUT2D eigenvalue weighted by Crippen LogP contribution is 2.24. The molecule has 0 bridgehead atoms. The van der Waals surface area contributed by atoms with Crippen LogP contribution in [0.2, 0.25) is 0 Å². The molecule has 8 heteroatoms. The molecule has 0 radical (unpaired) electrons. The number of benzene rings is 2. The number of rotatable bonds is 4. The van der Waals surface area contributed by atoms with Crippen LogP contribution in [-0.4, -0.2) is 31.5 Å².